The van der Waals surface area contributed by atoms with E-state index in [2.05, 4.69) is 0 Å². The lowest BCUT2D eigenvalue weighted by Crippen LogP contribution is -2.31. The third-order valence-electron chi connectivity index (χ3n) is 4.72. The van der Waals surface area contributed by atoms with Gasteiger partial charge in [-0.15, -0.1) is 0 Å². The van der Waals surface area contributed by atoms with Crippen LogP contribution in [0.15, 0.2) is 47.1 Å². The SMILES string of the molecule is CCOC(=O)C1=C(N)OC2=C(C(=O)CCC2)[C@H]1c1ccc(N(C)C)cc1. The largest absolute Gasteiger partial charge is 0.462 e. The van der Waals surface area contributed by atoms with Crippen molar-refractivity contribution in [2.24, 2.45) is 5.73 Å². The molecule has 1 atom stereocenters. The Hall–Kier alpha value is -2.76. The fourth-order valence-electron chi connectivity index (χ4n) is 3.46. The summed E-state index contributed by atoms with van der Waals surface area (Å²) < 4.78 is 10.8. The molecule has 2 N–H and O–H groups in total. The molecule has 0 aromatic heterocycles. The number of carbonyl (C=O) groups is 2. The molecule has 138 valence electrons. The molecule has 0 spiro atoms. The molecule has 0 bridgehead atoms. The Morgan fingerprint density at radius 1 is 1.27 bits per heavy atom. The molecule has 0 amide bonds. The van der Waals surface area contributed by atoms with Gasteiger partial charge in [0.1, 0.15) is 11.3 Å². The molecule has 0 fully saturated rings. The number of allylic oxidation sites excluding steroid dienone is 2. The number of Topliss-reactive ketones (excluding diaryl/α,β-unsaturated/α-hetero) is 1. The first-order chi connectivity index (χ1) is 12.4. The van der Waals surface area contributed by atoms with Gasteiger partial charge < -0.3 is 20.1 Å². The molecule has 6 heteroatoms. The van der Waals surface area contributed by atoms with E-state index in [1.807, 2.05) is 43.3 Å². The van der Waals surface area contributed by atoms with Gasteiger partial charge >= 0.3 is 5.97 Å². The maximum atomic E-state index is 12.7. The Labute approximate surface area is 153 Å². The molecule has 3 rings (SSSR count). The topological polar surface area (TPSA) is 81.9 Å². The second-order valence-electron chi connectivity index (χ2n) is 6.63. The lowest BCUT2D eigenvalue weighted by molar-refractivity contribution is -0.139. The highest BCUT2D eigenvalue weighted by atomic mass is 16.5. The Morgan fingerprint density at radius 2 is 1.96 bits per heavy atom. The third-order valence-corrected chi connectivity index (χ3v) is 4.72. The van der Waals surface area contributed by atoms with Gasteiger partial charge in [0, 0.05) is 38.2 Å². The van der Waals surface area contributed by atoms with Crippen LogP contribution in [-0.4, -0.2) is 32.5 Å². The predicted molar refractivity (Wildman–Crippen MR) is 98.3 cm³/mol. The number of anilines is 1. The Balaban J connectivity index is 2.12. The average molecular weight is 356 g/mol. The Bertz CT molecular complexity index is 791. The fraction of sp³-hybridized carbons (Fsp3) is 0.400. The van der Waals surface area contributed by atoms with E-state index < -0.39 is 11.9 Å². The standard InChI is InChI=1S/C20H24N2O4/c1-4-25-20(24)18-16(12-8-10-13(11-9-12)22(2)3)17-14(23)6-5-7-15(17)26-19(18)21/h8-11,16H,4-7,21H2,1-3H3/t16-/m1/s1. The van der Waals surface area contributed by atoms with Crippen molar-refractivity contribution in [2.45, 2.75) is 32.1 Å². The van der Waals surface area contributed by atoms with Crippen molar-refractivity contribution < 1.29 is 19.1 Å². The highest BCUT2D eigenvalue weighted by Crippen LogP contribution is 2.44. The number of nitrogens with zero attached hydrogens (tertiary/aromatic N) is 1. The molecule has 1 heterocycles. The summed E-state index contributed by atoms with van der Waals surface area (Å²) in [6.07, 6.45) is 1.82. The summed E-state index contributed by atoms with van der Waals surface area (Å²) in [7, 11) is 3.91. The van der Waals surface area contributed by atoms with E-state index in [9.17, 15) is 9.59 Å². The predicted octanol–water partition coefficient (Wildman–Crippen LogP) is 2.61. The van der Waals surface area contributed by atoms with Crippen LogP contribution in [0.3, 0.4) is 0 Å². The minimum atomic E-state index is -0.554. The van der Waals surface area contributed by atoms with Crippen LogP contribution in [0.5, 0.6) is 0 Å². The first-order valence-corrected chi connectivity index (χ1v) is 8.82. The van der Waals surface area contributed by atoms with E-state index in [0.29, 0.717) is 24.2 Å². The van der Waals surface area contributed by atoms with Gasteiger partial charge in [0.15, 0.2) is 5.78 Å². The van der Waals surface area contributed by atoms with Crippen LogP contribution in [-0.2, 0) is 19.1 Å². The minimum absolute atomic E-state index is 0.00207. The molecule has 0 radical (unpaired) electrons. The van der Waals surface area contributed by atoms with Crippen LogP contribution in [0, 0.1) is 0 Å². The average Bonchev–Trinajstić information content (AvgIpc) is 2.61. The summed E-state index contributed by atoms with van der Waals surface area (Å²) in [5.41, 5.74) is 8.67. The number of hydrogen-bond acceptors (Lipinski definition) is 6. The monoisotopic (exact) mass is 356 g/mol. The van der Waals surface area contributed by atoms with Gasteiger partial charge in [-0.25, -0.2) is 4.79 Å². The zero-order valence-corrected chi connectivity index (χ0v) is 15.4. The normalized spacial score (nSPS) is 19.8. The lowest BCUT2D eigenvalue weighted by Gasteiger charge is -2.32. The molecule has 2 aliphatic rings. The van der Waals surface area contributed by atoms with Crippen molar-refractivity contribution in [1.82, 2.24) is 0 Å². The van der Waals surface area contributed by atoms with Crippen molar-refractivity contribution in [1.29, 1.82) is 0 Å². The third kappa shape index (κ3) is 3.19. The summed E-state index contributed by atoms with van der Waals surface area (Å²) in [6, 6.07) is 7.75. The van der Waals surface area contributed by atoms with E-state index in [4.69, 9.17) is 15.2 Å². The highest BCUT2D eigenvalue weighted by Gasteiger charge is 2.41. The van der Waals surface area contributed by atoms with Gasteiger partial charge in [-0.3, -0.25) is 4.79 Å². The number of ether oxygens (including phenoxy) is 2. The molecule has 26 heavy (non-hydrogen) atoms. The van der Waals surface area contributed by atoms with E-state index in [1.165, 1.54) is 0 Å². The summed E-state index contributed by atoms with van der Waals surface area (Å²) in [5, 5.41) is 0. The number of nitrogens with two attached hydrogens (primary N) is 1. The van der Waals surface area contributed by atoms with E-state index in [-0.39, 0.29) is 23.8 Å². The summed E-state index contributed by atoms with van der Waals surface area (Å²) >= 11 is 0. The van der Waals surface area contributed by atoms with Crippen LogP contribution >= 0.6 is 0 Å². The molecular formula is C20H24N2O4. The molecule has 1 aliphatic heterocycles. The second kappa shape index (κ2) is 7.23. The Kier molecular flexibility index (Phi) is 5.02. The van der Waals surface area contributed by atoms with Crippen LogP contribution < -0.4 is 10.6 Å². The van der Waals surface area contributed by atoms with Gasteiger partial charge in [0.25, 0.3) is 0 Å². The van der Waals surface area contributed by atoms with Gasteiger partial charge in [0.05, 0.1) is 12.5 Å². The first kappa shape index (κ1) is 18.0. The number of ketones is 1. The molecule has 0 unspecified atom stereocenters. The number of carbonyl (C=O) groups excluding carboxylic acids is 2. The van der Waals surface area contributed by atoms with Crippen LogP contribution in [0.4, 0.5) is 5.69 Å². The van der Waals surface area contributed by atoms with Crippen molar-refractivity contribution in [2.75, 3.05) is 25.6 Å². The summed E-state index contributed by atoms with van der Waals surface area (Å²) in [4.78, 5) is 27.2. The molecule has 0 saturated carbocycles. The maximum absolute atomic E-state index is 12.7. The van der Waals surface area contributed by atoms with Crippen molar-refractivity contribution in [3.05, 3.63) is 52.6 Å². The first-order valence-electron chi connectivity index (χ1n) is 8.82. The van der Waals surface area contributed by atoms with Gasteiger partial charge in [-0.1, -0.05) is 12.1 Å². The number of esters is 1. The van der Waals surface area contributed by atoms with Crippen molar-refractivity contribution >= 4 is 17.4 Å². The molecule has 0 saturated heterocycles. The zero-order chi connectivity index (χ0) is 18.8. The van der Waals surface area contributed by atoms with E-state index >= 15 is 0 Å². The van der Waals surface area contributed by atoms with Gasteiger partial charge in [-0.2, -0.15) is 0 Å². The molecule has 6 nitrogen and oxygen atoms in total. The number of rotatable bonds is 4. The van der Waals surface area contributed by atoms with Crippen LogP contribution in [0.25, 0.3) is 0 Å². The summed E-state index contributed by atoms with van der Waals surface area (Å²) in [6.45, 7) is 1.96. The highest BCUT2D eigenvalue weighted by molar-refractivity contribution is 6.03. The van der Waals surface area contributed by atoms with Crippen LogP contribution in [0.2, 0.25) is 0 Å². The molecule has 1 aromatic rings. The number of benzene rings is 1. The van der Waals surface area contributed by atoms with Gasteiger partial charge in [-0.05, 0) is 31.0 Å². The molecular weight excluding hydrogens is 332 g/mol. The Morgan fingerprint density at radius 3 is 2.58 bits per heavy atom. The smallest absolute Gasteiger partial charge is 0.340 e. The van der Waals surface area contributed by atoms with Crippen molar-refractivity contribution in [3.8, 4) is 0 Å². The quantitative estimate of drug-likeness (QED) is 0.835. The second-order valence-corrected chi connectivity index (χ2v) is 6.63. The summed E-state index contributed by atoms with van der Waals surface area (Å²) in [5.74, 6) is -0.493. The number of hydrogen-bond donors (Lipinski definition) is 1. The maximum Gasteiger partial charge on any atom is 0.340 e. The van der Waals surface area contributed by atoms with Crippen LogP contribution in [0.1, 0.15) is 37.7 Å². The van der Waals surface area contributed by atoms with Crippen molar-refractivity contribution in [3.63, 3.8) is 0 Å². The zero-order valence-electron chi connectivity index (χ0n) is 15.4. The fourth-order valence-corrected chi connectivity index (χ4v) is 3.46. The molecule has 1 aromatic carbocycles. The minimum Gasteiger partial charge on any atom is -0.462 e. The van der Waals surface area contributed by atoms with Gasteiger partial charge in [0.2, 0.25) is 5.88 Å². The lowest BCUT2D eigenvalue weighted by atomic mass is 9.77. The van der Waals surface area contributed by atoms with E-state index in [1.54, 1.807) is 6.92 Å². The molecule has 1 aliphatic carbocycles. The van der Waals surface area contributed by atoms with E-state index in [0.717, 1.165) is 17.7 Å².